The lowest BCUT2D eigenvalue weighted by molar-refractivity contribution is -0.887. The van der Waals surface area contributed by atoms with Crippen LogP contribution in [-0.2, 0) is 28.6 Å². The van der Waals surface area contributed by atoms with Crippen molar-refractivity contribution >= 4 is 17.9 Å². The molecule has 0 aliphatic carbocycles. The number of esters is 2. The number of ether oxygens (including phenoxy) is 3. The number of carbonyl (C=O) groups is 3. The molecule has 1 N–H and O–H groups in total. The number of carbonyl (C=O) groups excluding carboxylic acids is 2. The number of carboxylic acids is 1. The fourth-order valence-corrected chi connectivity index (χ4v) is 5.89. The second kappa shape index (κ2) is 40.8. The van der Waals surface area contributed by atoms with E-state index in [2.05, 4.69) is 62.5 Å². The summed E-state index contributed by atoms with van der Waals surface area (Å²) < 4.78 is 17.2. The van der Waals surface area contributed by atoms with Crippen molar-refractivity contribution in [2.24, 2.45) is 0 Å². The molecule has 2 atom stereocenters. The van der Waals surface area contributed by atoms with E-state index in [-0.39, 0.29) is 42.7 Å². The van der Waals surface area contributed by atoms with Crippen LogP contribution in [0.5, 0.6) is 0 Å². The van der Waals surface area contributed by atoms with Crippen molar-refractivity contribution in [3.63, 3.8) is 0 Å². The van der Waals surface area contributed by atoms with Crippen molar-refractivity contribution in [3.8, 4) is 0 Å². The van der Waals surface area contributed by atoms with Gasteiger partial charge >= 0.3 is 17.9 Å². The zero-order valence-corrected chi connectivity index (χ0v) is 37.7. The van der Waals surface area contributed by atoms with Gasteiger partial charge in [-0.3, -0.25) is 9.59 Å². The van der Waals surface area contributed by atoms with Crippen molar-refractivity contribution in [2.75, 3.05) is 41.0 Å². The van der Waals surface area contributed by atoms with Crippen LogP contribution in [0.25, 0.3) is 0 Å². The van der Waals surface area contributed by atoms with Gasteiger partial charge in [0.05, 0.1) is 34.4 Å². The van der Waals surface area contributed by atoms with Crippen molar-refractivity contribution < 1.29 is 38.2 Å². The third-order valence-corrected chi connectivity index (χ3v) is 9.38. The average molecular weight is 821 g/mol. The van der Waals surface area contributed by atoms with E-state index in [1.807, 2.05) is 81.9 Å². The molecule has 0 rings (SSSR count). The fraction of sp³-hybridized carbons (Fsp3) is 0.588. The molecular weight excluding hydrogens is 739 g/mol. The normalized spacial score (nSPS) is 14.0. The molecule has 0 aromatic rings. The third kappa shape index (κ3) is 39.2. The number of hydrogen-bond donors (Lipinski definition) is 1. The predicted octanol–water partition coefficient (Wildman–Crippen LogP) is 12.5. The van der Waals surface area contributed by atoms with Crippen LogP contribution in [0.15, 0.2) is 109 Å². The number of aliphatic carboxylic acids is 1. The van der Waals surface area contributed by atoms with Crippen molar-refractivity contribution in [2.45, 2.75) is 154 Å². The summed E-state index contributed by atoms with van der Waals surface area (Å²) in [7, 11) is 5.49. The summed E-state index contributed by atoms with van der Waals surface area (Å²) in [5.41, 5.74) is 0. The number of nitrogens with zero attached hydrogens (tertiary/aromatic N) is 1. The molecule has 8 heteroatoms. The lowest BCUT2D eigenvalue weighted by atomic mass is 10.1. The highest BCUT2D eigenvalue weighted by Crippen LogP contribution is 2.12. The minimum Gasteiger partial charge on any atom is -0.477 e. The van der Waals surface area contributed by atoms with Crippen LogP contribution in [0, 0.1) is 0 Å². The van der Waals surface area contributed by atoms with Gasteiger partial charge in [-0.25, -0.2) is 4.79 Å². The van der Waals surface area contributed by atoms with Crippen molar-refractivity contribution in [1.29, 1.82) is 0 Å². The number of rotatable bonds is 38. The van der Waals surface area contributed by atoms with Gasteiger partial charge in [0.2, 0.25) is 0 Å². The molecule has 59 heavy (non-hydrogen) atoms. The standard InChI is InChI=1S/C51H81NO7/c1-6-8-10-12-14-16-18-20-22-24-26-28-30-32-34-36-38-40-42-50(54)59-47(45-57-44-43-48(51(55)56)52(3,4)5)46-58-49(53)41-39-37-35-33-31-29-27-25-23-21-19-17-15-13-11-9-7-2/h9,11,13,15,17-29,31,47-48H,6-8,10,12,14,16,30,32-46H2,1-5H3/p+1/b11-9+,15-13+,19-17+,20-18+,23-21+,24-22+,27-25+,28-26+,31-29+. The van der Waals surface area contributed by atoms with Gasteiger partial charge in [-0.1, -0.05) is 175 Å². The topological polar surface area (TPSA) is 99.1 Å². The summed E-state index contributed by atoms with van der Waals surface area (Å²) in [5, 5.41) is 9.63. The first kappa shape index (κ1) is 55.0. The van der Waals surface area contributed by atoms with E-state index in [1.54, 1.807) is 0 Å². The van der Waals surface area contributed by atoms with Crippen LogP contribution in [0.4, 0.5) is 0 Å². The molecule has 0 saturated carbocycles. The smallest absolute Gasteiger partial charge is 0.362 e. The molecule has 0 amide bonds. The van der Waals surface area contributed by atoms with Gasteiger partial charge < -0.3 is 23.8 Å². The maximum atomic E-state index is 12.7. The molecule has 0 aromatic carbocycles. The maximum absolute atomic E-state index is 12.7. The van der Waals surface area contributed by atoms with E-state index in [1.165, 1.54) is 32.1 Å². The predicted molar refractivity (Wildman–Crippen MR) is 247 cm³/mol. The summed E-state index contributed by atoms with van der Waals surface area (Å²) in [6.07, 6.45) is 55.5. The highest BCUT2D eigenvalue weighted by Gasteiger charge is 2.31. The number of likely N-dealkylation sites (N-methyl/N-ethyl adjacent to an activating group) is 1. The molecule has 0 aliphatic heterocycles. The molecule has 0 fully saturated rings. The first-order chi connectivity index (χ1) is 28.6. The second-order valence-corrected chi connectivity index (χ2v) is 15.8. The van der Waals surface area contributed by atoms with Crippen LogP contribution < -0.4 is 0 Å². The summed E-state index contributed by atoms with van der Waals surface area (Å²) in [5.74, 6) is -1.57. The minimum atomic E-state index is -0.891. The van der Waals surface area contributed by atoms with Crippen LogP contribution >= 0.6 is 0 Å². The zero-order valence-electron chi connectivity index (χ0n) is 37.7. The third-order valence-electron chi connectivity index (χ3n) is 9.38. The highest BCUT2D eigenvalue weighted by atomic mass is 16.6. The Kier molecular flexibility index (Phi) is 38.0. The SMILES string of the molecule is CC/C=C/C=C/C=C/C=C/C=C/C=C/CCCCCC(=O)OCC(COCCC(C(=O)O)[N+](C)(C)C)OC(=O)CCCCCCC/C=C/C=C/C=C/CCCCCCC. The van der Waals surface area contributed by atoms with E-state index >= 15 is 0 Å². The first-order valence-electron chi connectivity index (χ1n) is 22.5. The van der Waals surface area contributed by atoms with Gasteiger partial charge in [0, 0.05) is 19.3 Å². The molecule has 8 nitrogen and oxygen atoms in total. The molecule has 0 bridgehead atoms. The molecule has 0 aliphatic rings. The monoisotopic (exact) mass is 821 g/mol. The van der Waals surface area contributed by atoms with Gasteiger partial charge in [-0.05, 0) is 57.8 Å². The quantitative estimate of drug-likeness (QED) is 0.0287. The van der Waals surface area contributed by atoms with E-state index in [4.69, 9.17) is 14.2 Å². The Bertz CT molecular complexity index is 1330. The molecule has 0 heterocycles. The molecule has 0 spiro atoms. The molecule has 0 aromatic heterocycles. The summed E-state index contributed by atoms with van der Waals surface area (Å²) in [4.78, 5) is 37.0. The summed E-state index contributed by atoms with van der Waals surface area (Å²) in [6, 6.07) is -0.633. The Morgan fingerprint density at radius 3 is 1.42 bits per heavy atom. The van der Waals surface area contributed by atoms with Crippen LogP contribution in [0.1, 0.15) is 142 Å². The van der Waals surface area contributed by atoms with Gasteiger partial charge in [-0.2, -0.15) is 0 Å². The Balaban J connectivity index is 4.51. The minimum absolute atomic E-state index is 0.0299. The average Bonchev–Trinajstić information content (AvgIpc) is 3.19. The van der Waals surface area contributed by atoms with Gasteiger partial charge in [0.15, 0.2) is 12.1 Å². The Hall–Kier alpha value is -4.01. The fourth-order valence-electron chi connectivity index (χ4n) is 5.89. The molecule has 0 saturated heterocycles. The molecular formula is C51H82NO7+. The second-order valence-electron chi connectivity index (χ2n) is 15.8. The maximum Gasteiger partial charge on any atom is 0.362 e. The lowest BCUT2D eigenvalue weighted by Crippen LogP contribution is -2.50. The molecule has 0 radical (unpaired) electrons. The number of unbranched alkanes of at least 4 members (excludes halogenated alkanes) is 13. The number of carboxylic acid groups (broad SMARTS) is 1. The van der Waals surface area contributed by atoms with Gasteiger partial charge in [-0.15, -0.1) is 0 Å². The number of hydrogen-bond acceptors (Lipinski definition) is 6. The first-order valence-corrected chi connectivity index (χ1v) is 22.5. The summed E-state index contributed by atoms with van der Waals surface area (Å²) in [6.45, 7) is 4.48. The van der Waals surface area contributed by atoms with E-state index in [9.17, 15) is 19.5 Å². The van der Waals surface area contributed by atoms with E-state index in [0.29, 0.717) is 19.3 Å². The van der Waals surface area contributed by atoms with Crippen LogP contribution in [0.2, 0.25) is 0 Å². The van der Waals surface area contributed by atoms with Gasteiger partial charge in [0.1, 0.15) is 6.61 Å². The largest absolute Gasteiger partial charge is 0.477 e. The Morgan fingerprint density at radius 1 is 0.525 bits per heavy atom. The molecule has 2 unspecified atom stereocenters. The zero-order chi connectivity index (χ0) is 43.5. The van der Waals surface area contributed by atoms with Gasteiger partial charge in [0.25, 0.3) is 0 Å². The lowest BCUT2D eigenvalue weighted by Gasteiger charge is -2.31. The van der Waals surface area contributed by atoms with Crippen molar-refractivity contribution in [3.05, 3.63) is 109 Å². The number of quaternary nitrogens is 1. The van der Waals surface area contributed by atoms with Crippen molar-refractivity contribution in [1.82, 2.24) is 0 Å². The Morgan fingerprint density at radius 2 is 0.949 bits per heavy atom. The van der Waals surface area contributed by atoms with E-state index < -0.39 is 18.1 Å². The van der Waals surface area contributed by atoms with E-state index in [0.717, 1.165) is 70.6 Å². The van der Waals surface area contributed by atoms with Crippen LogP contribution in [0.3, 0.4) is 0 Å². The number of allylic oxidation sites excluding steroid dienone is 18. The highest BCUT2D eigenvalue weighted by molar-refractivity contribution is 5.72. The molecule has 332 valence electrons. The Labute approximate surface area is 359 Å². The summed E-state index contributed by atoms with van der Waals surface area (Å²) >= 11 is 0. The van der Waals surface area contributed by atoms with Crippen LogP contribution in [-0.4, -0.2) is 80.6 Å².